The zero-order chi connectivity index (χ0) is 87.7. The van der Waals surface area contributed by atoms with Crippen LogP contribution in [0.2, 0.25) is 95.7 Å². The molecule has 8 rings (SSSR count). The van der Waals surface area contributed by atoms with E-state index in [0.29, 0.717) is 75.5 Å². The minimum absolute atomic E-state index is 0.00282. The number of aryl methyl sites for hydroxylation is 3. The number of benzene rings is 1. The monoisotopic (exact) mass is 1790 g/mol. The third-order valence-electron chi connectivity index (χ3n) is 21.1. The molecule has 662 valence electrons. The number of aromatic nitrogens is 6. The Balaban J connectivity index is 0.000000310. The molecule has 0 radical (unpaired) electrons. The van der Waals surface area contributed by atoms with Crippen molar-refractivity contribution in [2.24, 2.45) is 0 Å². The third kappa shape index (κ3) is 33.7. The molecule has 4 unspecified atom stereocenters. The van der Waals surface area contributed by atoms with Gasteiger partial charge in [-0.25, -0.2) is 9.67 Å². The molecule has 34 nitrogen and oxygen atoms in total. The summed E-state index contributed by atoms with van der Waals surface area (Å²) in [7, 11) is -26.4. The number of likely N-dealkylation sites (tertiary alicyclic amines) is 1. The van der Waals surface area contributed by atoms with Crippen molar-refractivity contribution in [3.63, 3.8) is 0 Å². The first-order valence-corrected chi connectivity index (χ1v) is 61.5. The predicted molar refractivity (Wildman–Crippen MR) is 452 cm³/mol. The first-order chi connectivity index (χ1) is 52.3. The maximum absolute atomic E-state index is 12.3. The van der Waals surface area contributed by atoms with Crippen LogP contribution >= 0.6 is 30.4 Å². The number of phenols is 1. The van der Waals surface area contributed by atoms with Gasteiger partial charge in [0.2, 0.25) is 0 Å². The number of pyridine rings is 1. The van der Waals surface area contributed by atoms with Crippen molar-refractivity contribution in [2.45, 2.75) is 290 Å². The molecule has 1 saturated carbocycles. The number of nitrogens with zero attached hydrogens (tertiary/aromatic N) is 8. The van der Waals surface area contributed by atoms with E-state index < -0.39 is 104 Å². The Kier molecular flexibility index (Phi) is 38.6. The molecule has 0 amide bonds. The van der Waals surface area contributed by atoms with Crippen molar-refractivity contribution >= 4 is 72.0 Å². The molecule has 1 spiro atoms. The topological polar surface area (TPSA) is 548 Å². The Morgan fingerprint density at radius 2 is 1.15 bits per heavy atom. The van der Waals surface area contributed by atoms with E-state index in [0.717, 1.165) is 151 Å². The highest BCUT2D eigenvalue weighted by molar-refractivity contribution is 7.54. The summed E-state index contributed by atoms with van der Waals surface area (Å²) in [5.41, 5.74) is 3.65. The Labute approximate surface area is 683 Å². The largest absolute Gasteiger partial charge is 0.504 e. The van der Waals surface area contributed by atoms with Crippen molar-refractivity contribution in [1.82, 2.24) is 39.3 Å². The number of hydrogen-bond donors (Lipinski definition) is 19. The zero-order valence-corrected chi connectivity index (χ0v) is 78.6. The Morgan fingerprint density at radius 3 is 1.70 bits per heavy atom. The molecule has 19 N–H and O–H groups in total. The third-order valence-corrected chi connectivity index (χ3v) is 34.7. The van der Waals surface area contributed by atoms with E-state index in [2.05, 4.69) is 36.7 Å². The fraction of sp³-hybridized carbons (Fsp3) is 0.750. The first-order valence-electron chi connectivity index (χ1n) is 39.3. The molecule has 1 aromatic carbocycles. The van der Waals surface area contributed by atoms with E-state index in [4.69, 9.17) is 53.4 Å². The summed E-state index contributed by atoms with van der Waals surface area (Å²) in [5, 5.41) is 61.3. The number of ether oxygens (including phenoxy) is 3. The lowest BCUT2D eigenvalue weighted by atomic mass is 9.48. The molecule has 4 aromatic rings. The van der Waals surface area contributed by atoms with Gasteiger partial charge >= 0.3 is 30.4 Å². The molecule has 9 atom stereocenters. The highest BCUT2D eigenvalue weighted by Gasteiger charge is 2.73. The van der Waals surface area contributed by atoms with Gasteiger partial charge in [0.15, 0.2) is 74.5 Å². The average molecular weight is 1800 g/mol. The van der Waals surface area contributed by atoms with Gasteiger partial charge in [-0.15, -0.1) is 11.7 Å². The summed E-state index contributed by atoms with van der Waals surface area (Å²) < 4.78 is 65.7. The first kappa shape index (κ1) is 105. The van der Waals surface area contributed by atoms with Crippen molar-refractivity contribution in [1.29, 1.82) is 0 Å². The minimum Gasteiger partial charge on any atom is -0.504 e. The molecular weight excluding hydrogens is 1660 g/mol. The summed E-state index contributed by atoms with van der Waals surface area (Å²) in [4.78, 5) is 134. The van der Waals surface area contributed by atoms with Crippen LogP contribution in [0, 0.1) is 0 Å². The highest BCUT2D eigenvalue weighted by atomic mass is 31.2. The molecule has 43 heteroatoms. The van der Waals surface area contributed by atoms with Crippen LogP contribution in [0.25, 0.3) is 0 Å². The number of piperidine rings is 1. The van der Waals surface area contributed by atoms with Crippen LogP contribution in [-0.2, 0) is 78.3 Å². The molecule has 115 heavy (non-hydrogen) atoms. The van der Waals surface area contributed by atoms with E-state index in [1.54, 1.807) is 30.7 Å². The molecule has 3 aromatic heterocycles. The molecule has 2 bridgehead atoms. The van der Waals surface area contributed by atoms with Crippen LogP contribution in [0.5, 0.6) is 11.5 Å². The second kappa shape index (κ2) is 42.5. The van der Waals surface area contributed by atoms with Gasteiger partial charge in [0.05, 0.1) is 61.1 Å². The Bertz CT molecular complexity index is 3790. The number of imidazole rings is 1. The minimum atomic E-state index is -4.63. The fourth-order valence-electron chi connectivity index (χ4n) is 14.4. The van der Waals surface area contributed by atoms with Gasteiger partial charge < -0.3 is 117 Å². The summed E-state index contributed by atoms with van der Waals surface area (Å²) in [6, 6.07) is 9.56. The van der Waals surface area contributed by atoms with Crippen molar-refractivity contribution in [3.8, 4) is 11.5 Å². The molecule has 4 aliphatic rings. The molecular formula is C72H138N8O26P4Si5. The summed E-state index contributed by atoms with van der Waals surface area (Å²) in [5.74, 6) is 0.688. The lowest BCUT2D eigenvalue weighted by molar-refractivity contribution is -0.215. The number of hydrogen-bond acceptors (Lipinski definition) is 24. The second-order valence-corrected chi connectivity index (χ2v) is 64.5. The van der Waals surface area contributed by atoms with E-state index in [1.807, 2.05) is 84.7 Å². The van der Waals surface area contributed by atoms with Crippen LogP contribution < -0.4 is 4.74 Å². The van der Waals surface area contributed by atoms with Crippen LogP contribution in [0.15, 0.2) is 62.0 Å². The van der Waals surface area contributed by atoms with Crippen molar-refractivity contribution < 1.29 is 126 Å². The highest BCUT2D eigenvalue weighted by Crippen LogP contribution is 2.66. The number of rotatable bonds is 41. The van der Waals surface area contributed by atoms with Crippen LogP contribution in [0.4, 0.5) is 0 Å². The number of unbranched alkanes of at least 4 members (excludes halogenated alkanes) is 1. The van der Waals surface area contributed by atoms with Gasteiger partial charge in [0.1, 0.15) is 6.10 Å². The van der Waals surface area contributed by atoms with Crippen LogP contribution in [0.1, 0.15) is 132 Å². The van der Waals surface area contributed by atoms with E-state index in [9.17, 15) is 72.9 Å². The summed E-state index contributed by atoms with van der Waals surface area (Å²) >= 11 is 0. The van der Waals surface area contributed by atoms with Crippen molar-refractivity contribution in [2.75, 3.05) is 53.0 Å². The van der Waals surface area contributed by atoms with Gasteiger partial charge in [0, 0.05) is 56.0 Å². The summed E-state index contributed by atoms with van der Waals surface area (Å²) in [6.07, 6.45) is 20.0. The lowest BCUT2D eigenvalue weighted by Gasteiger charge is -2.64. The van der Waals surface area contributed by atoms with Crippen LogP contribution in [0.3, 0.4) is 0 Å². The van der Waals surface area contributed by atoms with E-state index in [1.165, 1.54) is 28.7 Å². The smallest absolute Gasteiger partial charge is 0.358 e. The second-order valence-electron chi connectivity index (χ2n) is 35.7. The quantitative estimate of drug-likeness (QED) is 0.00910. The van der Waals surface area contributed by atoms with Gasteiger partial charge in [-0.2, -0.15) is 0 Å². The number of aromatic hydroxyl groups is 1. The van der Waals surface area contributed by atoms with Gasteiger partial charge in [-0.05, 0) is 263 Å². The van der Waals surface area contributed by atoms with Gasteiger partial charge in [-0.1, -0.05) is 29.8 Å². The maximum atomic E-state index is 12.3. The maximum Gasteiger partial charge on any atom is 0.358 e. The number of aliphatic hydroxyl groups is 5. The lowest BCUT2D eigenvalue weighted by Crippen LogP contribution is -2.77. The molecule has 1 saturated heterocycles. The van der Waals surface area contributed by atoms with E-state index in [-0.39, 0.29) is 49.9 Å². The number of phenolic OH excluding ortho intramolecular Hbond substituents is 1. The predicted octanol–water partition coefficient (Wildman–Crippen LogP) is 7.12. The molecule has 2 fully saturated rings. The van der Waals surface area contributed by atoms with E-state index >= 15 is 0 Å². The van der Waals surface area contributed by atoms with Crippen LogP contribution in [-0.4, -0.2) is 273 Å². The average Bonchev–Trinajstić information content (AvgIpc) is 1.53. The SMILES string of the molecule is C=CCN1CC[C@]23c4c5ccc(O)c4O[C@H]2[C@@H](OCCOCCC[Si](C)(C)O)CC[C@@]3(O)[C@H]1C5.CC(O)(Cc1cncc(CCC[Si](C)(C)O)c1)P(=O)(O)O.CC(O)(Cn1cc(CCC[Si](C)(C)O)nn1)P(=O)(O)O.CC(O)(Cn1cnc(CCC[Si](C)(C)O)c1)P(=O)(O)O.CN(CCCC[Si](C)(C)O)CCCC(C)(O)P(=O)(O)O. The molecule has 5 heterocycles. The fourth-order valence-corrected chi connectivity index (χ4v) is 21.1. The zero-order valence-electron chi connectivity index (χ0n) is 70.1. The Morgan fingerprint density at radius 1 is 0.635 bits per heavy atom. The van der Waals surface area contributed by atoms with Gasteiger partial charge in [-0.3, -0.25) is 28.1 Å². The standard InChI is InChI=1S/C26H39NO6Si.C13H24NO5PSi.C12H30NO5PSi.C11H23N2O5PSi.C10H22N3O5PSi/c1-4-11-27-12-10-25-22-18-6-7-19(28)23(22)33-24(25)20(8-9-26(25,29)21(27)17-18)32-15-14-31-13-5-16-34(2,3)30;1-13(15,20(16,17)18)8-12-7-11(9-14-10-12)5-4-6-21(2,3)19;1-12(14,19(15,16)17)8-7-10-13(2)9-5-6-11-20(3,4)18;1-11(14,19(15,16)17)8-13-7-10(12-9-13)5-4-6-20(2,3)18;1-10(14,19(15,16)17)8-13-7-9(11-12-13)5-4-6-20(2,3)18/h4,6-7,20-21,24,28-30H,1,5,8-17H2,2-3H3;7,9-10,15,19H,4-6,8H2,1-3H3,(H2,16,17,18);14,18H,5-11H2,1-4H3,(H2,15,16,17);7,9,14,18H,4-6,8H2,1-3H3,(H2,15,16,17);7,14,18H,4-6,8H2,1-3H3,(H2,15,16,17)/t20-,21+,24-,25-,26+;;;;/m0..../s1. The molecule has 2 aliphatic carbocycles. The van der Waals surface area contributed by atoms with Crippen molar-refractivity contribution in [3.05, 3.63) is 95.6 Å². The Hall–Kier alpha value is -2.82. The normalized spacial score (nSPS) is 21.4. The summed E-state index contributed by atoms with van der Waals surface area (Å²) in [6.45, 7) is 31.6. The van der Waals surface area contributed by atoms with Gasteiger partial charge in [0.25, 0.3) is 0 Å². The molecule has 2 aliphatic heterocycles.